The van der Waals surface area contributed by atoms with Gasteiger partial charge in [-0.15, -0.1) is 0 Å². The van der Waals surface area contributed by atoms with Crippen molar-refractivity contribution >= 4 is 0 Å². The van der Waals surface area contributed by atoms with Gasteiger partial charge in [-0.25, -0.2) is 0 Å². The van der Waals surface area contributed by atoms with E-state index in [1.54, 1.807) is 0 Å². The van der Waals surface area contributed by atoms with Crippen molar-refractivity contribution in [2.24, 2.45) is 5.92 Å². The van der Waals surface area contributed by atoms with Gasteiger partial charge in [-0.3, -0.25) is 0 Å². The van der Waals surface area contributed by atoms with E-state index in [9.17, 15) is 5.11 Å². The lowest BCUT2D eigenvalue weighted by molar-refractivity contribution is -0.0306. The van der Waals surface area contributed by atoms with E-state index >= 15 is 0 Å². The monoisotopic (exact) mass is 183 g/mol. The molecule has 76 valence electrons. The molecule has 2 unspecified atom stereocenters. The Hall–Kier alpha value is -0.0800. The molecule has 2 rings (SSSR count). The minimum Gasteiger partial charge on any atom is -0.388 e. The van der Waals surface area contributed by atoms with Crippen molar-refractivity contribution in [1.29, 1.82) is 0 Å². The molecular formula is C11H21NO. The van der Waals surface area contributed by atoms with Crippen molar-refractivity contribution in [2.75, 3.05) is 6.54 Å². The molecule has 1 aliphatic heterocycles. The lowest BCUT2D eigenvalue weighted by atomic mass is 9.82. The average molecular weight is 183 g/mol. The first-order valence-corrected chi connectivity index (χ1v) is 5.73. The molecule has 0 bridgehead atoms. The van der Waals surface area contributed by atoms with Crippen molar-refractivity contribution in [3.63, 3.8) is 0 Å². The van der Waals surface area contributed by atoms with Crippen LogP contribution in [-0.4, -0.2) is 23.3 Å². The Kier molecular flexibility index (Phi) is 2.61. The van der Waals surface area contributed by atoms with E-state index in [0.717, 1.165) is 13.0 Å². The molecule has 13 heavy (non-hydrogen) atoms. The molecule has 2 nitrogen and oxygen atoms in total. The second kappa shape index (κ2) is 3.58. The molecule has 2 fully saturated rings. The second-order valence-corrected chi connectivity index (χ2v) is 4.62. The van der Waals surface area contributed by atoms with Crippen LogP contribution >= 0.6 is 0 Å². The third kappa shape index (κ3) is 1.75. The zero-order valence-corrected chi connectivity index (χ0v) is 8.55. The van der Waals surface area contributed by atoms with Crippen LogP contribution in [0.4, 0.5) is 0 Å². The van der Waals surface area contributed by atoms with Crippen molar-refractivity contribution in [3.8, 4) is 0 Å². The molecule has 0 radical (unpaired) electrons. The molecule has 1 heterocycles. The summed E-state index contributed by atoms with van der Waals surface area (Å²) in [6.07, 6.45) is 7.12. The van der Waals surface area contributed by atoms with Gasteiger partial charge in [0.15, 0.2) is 0 Å². The Labute approximate surface area is 80.7 Å². The summed E-state index contributed by atoms with van der Waals surface area (Å²) in [5.41, 5.74) is -0.388. The van der Waals surface area contributed by atoms with Crippen molar-refractivity contribution in [1.82, 2.24) is 5.32 Å². The quantitative estimate of drug-likeness (QED) is 0.697. The Morgan fingerprint density at radius 1 is 1.31 bits per heavy atom. The van der Waals surface area contributed by atoms with E-state index in [1.165, 1.54) is 32.1 Å². The first-order valence-electron chi connectivity index (χ1n) is 5.73. The van der Waals surface area contributed by atoms with E-state index in [0.29, 0.717) is 12.0 Å². The van der Waals surface area contributed by atoms with Gasteiger partial charge in [-0.05, 0) is 44.6 Å². The average Bonchev–Trinajstić information content (AvgIpc) is 3.02. The van der Waals surface area contributed by atoms with Gasteiger partial charge in [0.25, 0.3) is 0 Å². The summed E-state index contributed by atoms with van der Waals surface area (Å²) < 4.78 is 0. The van der Waals surface area contributed by atoms with Gasteiger partial charge < -0.3 is 10.4 Å². The zero-order chi connectivity index (χ0) is 9.31. The van der Waals surface area contributed by atoms with Gasteiger partial charge in [0.05, 0.1) is 5.60 Å². The molecule has 0 spiro atoms. The molecule has 2 aliphatic rings. The third-order valence-electron chi connectivity index (χ3n) is 3.76. The highest BCUT2D eigenvalue weighted by atomic mass is 16.3. The smallest absolute Gasteiger partial charge is 0.0825 e. The van der Waals surface area contributed by atoms with Gasteiger partial charge in [0.2, 0.25) is 0 Å². The number of hydrogen-bond acceptors (Lipinski definition) is 2. The van der Waals surface area contributed by atoms with Crippen molar-refractivity contribution in [3.05, 3.63) is 0 Å². The van der Waals surface area contributed by atoms with Gasteiger partial charge in [0.1, 0.15) is 0 Å². The van der Waals surface area contributed by atoms with Crippen molar-refractivity contribution in [2.45, 2.75) is 57.1 Å². The first kappa shape index (κ1) is 9.47. The Morgan fingerprint density at radius 3 is 2.54 bits per heavy atom. The van der Waals surface area contributed by atoms with Gasteiger partial charge in [-0.2, -0.15) is 0 Å². The summed E-state index contributed by atoms with van der Waals surface area (Å²) in [4.78, 5) is 0. The van der Waals surface area contributed by atoms with Gasteiger partial charge >= 0.3 is 0 Å². The maximum Gasteiger partial charge on any atom is 0.0825 e. The predicted molar refractivity (Wildman–Crippen MR) is 53.6 cm³/mol. The fourth-order valence-corrected chi connectivity index (χ4v) is 2.68. The van der Waals surface area contributed by atoms with Crippen LogP contribution in [-0.2, 0) is 0 Å². The SMILES string of the molecule is CCC(O)(C1CC1)C1CCCCN1. The lowest BCUT2D eigenvalue weighted by Gasteiger charge is -2.39. The zero-order valence-electron chi connectivity index (χ0n) is 8.55. The molecule has 0 aromatic heterocycles. The summed E-state index contributed by atoms with van der Waals surface area (Å²) in [7, 11) is 0. The molecule has 0 amide bonds. The largest absolute Gasteiger partial charge is 0.388 e. The number of piperidine rings is 1. The Bertz CT molecular complexity index is 173. The molecule has 0 aromatic carbocycles. The van der Waals surface area contributed by atoms with Crippen LogP contribution in [0.3, 0.4) is 0 Å². The minimum atomic E-state index is -0.388. The summed E-state index contributed by atoms with van der Waals surface area (Å²) in [5.74, 6) is 0.591. The normalized spacial score (nSPS) is 34.2. The predicted octanol–water partition coefficient (Wildman–Crippen LogP) is 1.68. The Balaban J connectivity index is 2.00. The van der Waals surface area contributed by atoms with E-state index in [-0.39, 0.29) is 5.60 Å². The van der Waals surface area contributed by atoms with E-state index in [1.807, 2.05) is 0 Å². The van der Waals surface area contributed by atoms with Crippen LogP contribution in [0.25, 0.3) is 0 Å². The number of rotatable bonds is 3. The highest BCUT2D eigenvalue weighted by Gasteiger charge is 2.47. The highest BCUT2D eigenvalue weighted by molar-refractivity contribution is 5.02. The van der Waals surface area contributed by atoms with E-state index < -0.39 is 0 Å². The van der Waals surface area contributed by atoms with E-state index in [4.69, 9.17) is 0 Å². The van der Waals surface area contributed by atoms with Crippen LogP contribution in [0.2, 0.25) is 0 Å². The van der Waals surface area contributed by atoms with Crippen LogP contribution in [0, 0.1) is 5.92 Å². The molecule has 1 saturated heterocycles. The molecule has 2 heteroatoms. The lowest BCUT2D eigenvalue weighted by Crippen LogP contribution is -2.53. The second-order valence-electron chi connectivity index (χ2n) is 4.62. The fourth-order valence-electron chi connectivity index (χ4n) is 2.68. The topological polar surface area (TPSA) is 32.3 Å². The molecule has 1 aliphatic carbocycles. The Morgan fingerprint density at radius 2 is 2.08 bits per heavy atom. The summed E-state index contributed by atoms with van der Waals surface area (Å²) >= 11 is 0. The minimum absolute atomic E-state index is 0.374. The van der Waals surface area contributed by atoms with E-state index in [2.05, 4.69) is 12.2 Å². The summed E-state index contributed by atoms with van der Waals surface area (Å²) in [6.45, 7) is 3.22. The molecule has 2 atom stereocenters. The van der Waals surface area contributed by atoms with Gasteiger partial charge in [-0.1, -0.05) is 13.3 Å². The van der Waals surface area contributed by atoms with Crippen LogP contribution in [0.5, 0.6) is 0 Å². The maximum atomic E-state index is 10.5. The molecule has 1 saturated carbocycles. The fraction of sp³-hybridized carbons (Fsp3) is 1.00. The molecular weight excluding hydrogens is 162 g/mol. The molecule has 2 N–H and O–H groups in total. The summed E-state index contributed by atoms with van der Waals surface area (Å²) in [6, 6.07) is 0.374. The van der Waals surface area contributed by atoms with Crippen LogP contribution in [0.15, 0.2) is 0 Å². The van der Waals surface area contributed by atoms with Crippen LogP contribution in [0.1, 0.15) is 45.4 Å². The van der Waals surface area contributed by atoms with Gasteiger partial charge in [0, 0.05) is 6.04 Å². The van der Waals surface area contributed by atoms with Crippen molar-refractivity contribution < 1.29 is 5.11 Å². The number of aliphatic hydroxyl groups is 1. The number of nitrogens with one attached hydrogen (secondary N) is 1. The third-order valence-corrected chi connectivity index (χ3v) is 3.76. The molecule has 0 aromatic rings. The first-order chi connectivity index (χ1) is 6.27. The van der Waals surface area contributed by atoms with Crippen LogP contribution < -0.4 is 5.32 Å². The number of hydrogen-bond donors (Lipinski definition) is 2. The highest BCUT2D eigenvalue weighted by Crippen LogP contribution is 2.44. The standard InChI is InChI=1S/C11H21NO/c1-2-11(13,9-6-7-9)10-5-3-4-8-12-10/h9-10,12-13H,2-8H2,1H3. The summed E-state index contributed by atoms with van der Waals surface area (Å²) in [5, 5.41) is 14.0. The maximum absolute atomic E-state index is 10.5.